The Balaban J connectivity index is 1.36. The van der Waals surface area contributed by atoms with E-state index in [9.17, 15) is 18.0 Å². The van der Waals surface area contributed by atoms with Gasteiger partial charge in [-0.2, -0.15) is 0 Å². The van der Waals surface area contributed by atoms with Gasteiger partial charge in [0, 0.05) is 24.2 Å². The minimum absolute atomic E-state index is 0.0270. The number of rotatable bonds is 9. The lowest BCUT2D eigenvalue weighted by Crippen LogP contribution is -2.20. The molecule has 0 aliphatic carbocycles. The summed E-state index contributed by atoms with van der Waals surface area (Å²) in [6.07, 6.45) is 7.00. The number of benzene rings is 2. The van der Waals surface area contributed by atoms with Gasteiger partial charge in [-0.05, 0) is 63.5 Å². The highest BCUT2D eigenvalue weighted by Crippen LogP contribution is 2.30. The predicted octanol–water partition coefficient (Wildman–Crippen LogP) is 5.53. The van der Waals surface area contributed by atoms with E-state index in [4.69, 9.17) is 10.2 Å². The van der Waals surface area contributed by atoms with E-state index in [1.165, 1.54) is 45.0 Å². The third-order valence-corrected chi connectivity index (χ3v) is 6.11. The van der Waals surface area contributed by atoms with Crippen LogP contribution < -0.4 is 16.5 Å². The molecule has 0 saturated carbocycles. The number of hydrogen-bond acceptors (Lipinski definition) is 5. The zero-order valence-electron chi connectivity index (χ0n) is 18.4. The molecule has 3 aromatic rings. The Morgan fingerprint density at radius 2 is 1.70 bits per heavy atom. The van der Waals surface area contributed by atoms with Crippen LogP contribution in [-0.4, -0.2) is 31.1 Å². The molecule has 0 spiro atoms. The second kappa shape index (κ2) is 10.3. The number of halogens is 3. The van der Waals surface area contributed by atoms with Crippen molar-refractivity contribution in [2.75, 3.05) is 37.2 Å². The molecule has 1 aliphatic rings. The lowest BCUT2D eigenvalue weighted by atomic mass is 10.1. The second-order valence-electron chi connectivity index (χ2n) is 8.52. The summed E-state index contributed by atoms with van der Waals surface area (Å²) < 4.78 is 47.9. The first-order valence-electron chi connectivity index (χ1n) is 11.4. The highest BCUT2D eigenvalue weighted by atomic mass is 19.1. The van der Waals surface area contributed by atoms with Gasteiger partial charge < -0.3 is 20.4 Å². The van der Waals surface area contributed by atoms with E-state index >= 15 is 0 Å². The van der Waals surface area contributed by atoms with Crippen LogP contribution in [0.2, 0.25) is 0 Å². The summed E-state index contributed by atoms with van der Waals surface area (Å²) in [5.74, 6) is -2.62. The molecule has 8 heteroatoms. The molecule has 1 aromatic heterocycles. The number of nitrogens with zero attached hydrogens (tertiary/aromatic N) is 1. The fourth-order valence-electron chi connectivity index (χ4n) is 4.29. The summed E-state index contributed by atoms with van der Waals surface area (Å²) >= 11 is 0. The van der Waals surface area contributed by atoms with Crippen LogP contribution in [0.5, 0.6) is 0 Å². The molecule has 1 saturated heterocycles. The van der Waals surface area contributed by atoms with Gasteiger partial charge in [0.1, 0.15) is 17.4 Å². The van der Waals surface area contributed by atoms with Crippen LogP contribution in [0.4, 0.5) is 24.5 Å². The smallest absolute Gasteiger partial charge is 0.195 e. The highest BCUT2D eigenvalue weighted by molar-refractivity contribution is 5.90. The van der Waals surface area contributed by atoms with Crippen molar-refractivity contribution in [3.05, 3.63) is 58.0 Å². The number of likely N-dealkylation sites (tertiary alicyclic amines) is 1. The maximum atomic E-state index is 14.6. The Hall–Kier alpha value is -3.00. The minimum atomic E-state index is -1.05. The maximum absolute atomic E-state index is 14.6. The summed E-state index contributed by atoms with van der Waals surface area (Å²) in [4.78, 5) is 14.9. The Morgan fingerprint density at radius 1 is 0.939 bits per heavy atom. The predicted molar refractivity (Wildman–Crippen MR) is 125 cm³/mol. The molecular weight excluding hydrogens is 431 g/mol. The molecule has 1 fully saturated rings. The highest BCUT2D eigenvalue weighted by Gasteiger charge is 2.18. The molecule has 0 unspecified atom stereocenters. The number of nitrogens with one attached hydrogen (secondary N) is 1. The van der Waals surface area contributed by atoms with Crippen molar-refractivity contribution >= 4 is 22.3 Å². The SMILES string of the molecule is Nc1c(F)cc(F)c2oc(-c3ccc(NCCCCCCN4CCCC4)c(F)c3)cc(=O)c12. The van der Waals surface area contributed by atoms with Crippen LogP contribution in [0.3, 0.4) is 0 Å². The van der Waals surface area contributed by atoms with E-state index in [1.807, 2.05) is 0 Å². The third-order valence-electron chi connectivity index (χ3n) is 6.11. The molecule has 5 nitrogen and oxygen atoms in total. The lowest BCUT2D eigenvalue weighted by Gasteiger charge is -2.14. The normalized spacial score (nSPS) is 14.3. The molecule has 0 radical (unpaired) electrons. The maximum Gasteiger partial charge on any atom is 0.195 e. The number of fused-ring (bicyclic) bond motifs is 1. The second-order valence-corrected chi connectivity index (χ2v) is 8.52. The van der Waals surface area contributed by atoms with Crippen LogP contribution in [0, 0.1) is 17.5 Å². The van der Waals surface area contributed by atoms with Gasteiger partial charge in [-0.3, -0.25) is 4.79 Å². The summed E-state index contributed by atoms with van der Waals surface area (Å²) in [6.45, 7) is 4.27. The number of nitrogen functional groups attached to an aromatic ring is 1. The first-order chi connectivity index (χ1) is 15.9. The average Bonchev–Trinajstić information content (AvgIpc) is 3.31. The van der Waals surface area contributed by atoms with Crippen molar-refractivity contribution in [3.63, 3.8) is 0 Å². The van der Waals surface area contributed by atoms with Crippen molar-refractivity contribution in [1.29, 1.82) is 0 Å². The van der Waals surface area contributed by atoms with Crippen LogP contribution >= 0.6 is 0 Å². The molecule has 0 amide bonds. The van der Waals surface area contributed by atoms with E-state index in [2.05, 4.69) is 10.2 Å². The molecule has 1 aliphatic heterocycles. The Morgan fingerprint density at radius 3 is 2.45 bits per heavy atom. The van der Waals surface area contributed by atoms with Crippen LogP contribution in [-0.2, 0) is 0 Å². The van der Waals surface area contributed by atoms with Crippen molar-refractivity contribution in [1.82, 2.24) is 4.90 Å². The van der Waals surface area contributed by atoms with Crippen molar-refractivity contribution < 1.29 is 17.6 Å². The van der Waals surface area contributed by atoms with E-state index in [0.29, 0.717) is 18.3 Å². The summed E-state index contributed by atoms with van der Waals surface area (Å²) in [6, 6.07) is 5.97. The van der Waals surface area contributed by atoms with Crippen LogP contribution in [0.1, 0.15) is 38.5 Å². The number of anilines is 2. The minimum Gasteiger partial charge on any atom is -0.453 e. The third kappa shape index (κ3) is 5.33. The van der Waals surface area contributed by atoms with Crippen molar-refractivity contribution in [2.45, 2.75) is 38.5 Å². The fraction of sp³-hybridized carbons (Fsp3) is 0.400. The molecule has 33 heavy (non-hydrogen) atoms. The molecule has 0 bridgehead atoms. The van der Waals surface area contributed by atoms with E-state index in [0.717, 1.165) is 25.3 Å². The Bertz CT molecular complexity index is 1190. The van der Waals surface area contributed by atoms with E-state index in [-0.39, 0.29) is 16.7 Å². The van der Waals surface area contributed by atoms with Gasteiger partial charge in [0.2, 0.25) is 0 Å². The number of hydrogen-bond donors (Lipinski definition) is 2. The van der Waals surface area contributed by atoms with Gasteiger partial charge in [-0.1, -0.05) is 12.8 Å². The molecular formula is C25H28F3N3O2. The zero-order valence-corrected chi connectivity index (χ0v) is 18.4. The van der Waals surface area contributed by atoms with Crippen molar-refractivity contribution in [2.24, 2.45) is 0 Å². The molecule has 2 heterocycles. The molecule has 176 valence electrons. The Kier molecular flexibility index (Phi) is 7.23. The van der Waals surface area contributed by atoms with Gasteiger partial charge in [0.15, 0.2) is 16.8 Å². The van der Waals surface area contributed by atoms with Gasteiger partial charge in [0.05, 0.1) is 16.8 Å². The first-order valence-corrected chi connectivity index (χ1v) is 11.4. The zero-order chi connectivity index (χ0) is 23.4. The van der Waals surface area contributed by atoms with E-state index < -0.39 is 34.2 Å². The number of unbranched alkanes of at least 4 members (excludes halogenated alkanes) is 3. The van der Waals surface area contributed by atoms with Gasteiger partial charge in [-0.15, -0.1) is 0 Å². The number of nitrogens with two attached hydrogens (primary N) is 1. The largest absolute Gasteiger partial charge is 0.453 e. The molecule has 3 N–H and O–H groups in total. The average molecular weight is 460 g/mol. The topological polar surface area (TPSA) is 71.5 Å². The Labute approximate surface area is 190 Å². The fourth-order valence-corrected chi connectivity index (χ4v) is 4.29. The first kappa shape index (κ1) is 23.2. The quantitative estimate of drug-likeness (QED) is 0.325. The summed E-state index contributed by atoms with van der Waals surface area (Å²) in [7, 11) is 0. The summed E-state index contributed by atoms with van der Waals surface area (Å²) in [5.41, 5.74) is 4.54. The molecule has 0 atom stereocenters. The van der Waals surface area contributed by atoms with Crippen LogP contribution in [0.15, 0.2) is 39.5 Å². The van der Waals surface area contributed by atoms with Gasteiger partial charge >= 0.3 is 0 Å². The lowest BCUT2D eigenvalue weighted by molar-refractivity contribution is 0.328. The van der Waals surface area contributed by atoms with Gasteiger partial charge in [0.25, 0.3) is 0 Å². The van der Waals surface area contributed by atoms with Crippen LogP contribution in [0.25, 0.3) is 22.3 Å². The summed E-state index contributed by atoms with van der Waals surface area (Å²) in [5, 5.41) is 2.73. The standard InChI is InChI=1S/C25H28F3N3O2/c26-17-13-16(22-15-21(32)23-24(29)18(27)14-19(28)25(23)33-22)7-8-20(17)30-9-3-1-2-4-10-31-11-5-6-12-31/h7-8,13-15,30H,1-6,9-12,29H2. The molecule has 4 rings (SSSR count). The van der Waals surface area contributed by atoms with Crippen molar-refractivity contribution in [3.8, 4) is 11.3 Å². The monoisotopic (exact) mass is 459 g/mol. The van der Waals surface area contributed by atoms with Gasteiger partial charge in [-0.25, -0.2) is 13.2 Å². The van der Waals surface area contributed by atoms with E-state index in [1.54, 1.807) is 12.1 Å². The molecule has 2 aromatic carbocycles.